The molecule has 0 N–H and O–H groups in total. The zero-order valence-corrected chi connectivity index (χ0v) is 15.1. The average molecular weight is 358 g/mol. The monoisotopic (exact) mass is 358 g/mol. The maximum atomic E-state index is 12.1. The van der Waals surface area contributed by atoms with E-state index >= 15 is 0 Å². The van der Waals surface area contributed by atoms with E-state index in [9.17, 15) is 14.4 Å². The third kappa shape index (κ3) is 5.54. The minimum Gasteiger partial charge on any atom is -0.492 e. The molecule has 1 aromatic carbocycles. The largest absolute Gasteiger partial charge is 0.492 e. The summed E-state index contributed by atoms with van der Waals surface area (Å²) in [6.45, 7) is 5.30. The fraction of sp³-hybridized carbons (Fsp3) is 0.368. The number of ketones is 1. The Bertz CT molecular complexity index is 822. The number of esters is 1. The Labute approximate surface area is 151 Å². The van der Waals surface area contributed by atoms with Gasteiger partial charge in [0.2, 0.25) is 0 Å². The van der Waals surface area contributed by atoms with Gasteiger partial charge in [-0.2, -0.15) is 5.10 Å². The van der Waals surface area contributed by atoms with Gasteiger partial charge < -0.3 is 9.47 Å². The summed E-state index contributed by atoms with van der Waals surface area (Å²) in [6.07, 6.45) is 0. The van der Waals surface area contributed by atoms with Gasteiger partial charge in [-0.3, -0.25) is 9.59 Å². The van der Waals surface area contributed by atoms with Gasteiger partial charge in [0, 0.05) is 11.5 Å². The lowest BCUT2D eigenvalue weighted by Gasteiger charge is -2.16. The number of para-hydroxylation sites is 1. The Balaban J connectivity index is 1.96. The Hall–Kier alpha value is -2.96. The molecule has 0 saturated heterocycles. The summed E-state index contributed by atoms with van der Waals surface area (Å²) in [7, 11) is 0. The molecule has 0 spiro atoms. The van der Waals surface area contributed by atoms with E-state index in [0.29, 0.717) is 5.75 Å². The quantitative estimate of drug-likeness (QED) is 0.705. The van der Waals surface area contributed by atoms with Crippen LogP contribution < -0.4 is 10.3 Å². The molecule has 0 saturated carbocycles. The molecule has 1 aromatic heterocycles. The highest BCUT2D eigenvalue weighted by Crippen LogP contribution is 2.14. The highest BCUT2D eigenvalue weighted by atomic mass is 16.5. The lowest BCUT2D eigenvalue weighted by atomic mass is 9.91. The van der Waals surface area contributed by atoms with Gasteiger partial charge in [-0.15, -0.1) is 0 Å². The SMILES string of the molecule is CC(C)(C)C(=O)COC(=O)c1ccc(=O)n(CCOc2ccccc2)n1. The molecule has 1 heterocycles. The standard InChI is InChI=1S/C19H22N2O5/c1-19(2,3)16(22)13-26-18(24)15-9-10-17(23)21(20-15)11-12-25-14-7-5-4-6-8-14/h4-10H,11-13H2,1-3H3. The second kappa shape index (κ2) is 8.42. The summed E-state index contributed by atoms with van der Waals surface area (Å²) >= 11 is 0. The molecule has 138 valence electrons. The molecule has 0 unspecified atom stereocenters. The van der Waals surface area contributed by atoms with Crippen LogP contribution in [-0.2, 0) is 16.1 Å². The second-order valence-electron chi connectivity index (χ2n) is 6.69. The Morgan fingerprint density at radius 1 is 1.08 bits per heavy atom. The number of carbonyl (C=O) groups excluding carboxylic acids is 2. The van der Waals surface area contributed by atoms with Gasteiger partial charge in [0.15, 0.2) is 18.1 Å². The Morgan fingerprint density at radius 3 is 2.42 bits per heavy atom. The predicted octanol–water partition coefficient (Wildman–Crippen LogP) is 2.09. The van der Waals surface area contributed by atoms with E-state index in [-0.39, 0.29) is 36.8 Å². The maximum Gasteiger partial charge on any atom is 0.359 e. The highest BCUT2D eigenvalue weighted by Gasteiger charge is 2.23. The number of nitrogens with zero attached hydrogens (tertiary/aromatic N) is 2. The van der Waals surface area contributed by atoms with Crippen molar-refractivity contribution in [1.29, 1.82) is 0 Å². The summed E-state index contributed by atoms with van der Waals surface area (Å²) < 4.78 is 11.6. The van der Waals surface area contributed by atoms with Crippen molar-refractivity contribution in [3.63, 3.8) is 0 Å². The van der Waals surface area contributed by atoms with E-state index < -0.39 is 11.4 Å². The first-order valence-corrected chi connectivity index (χ1v) is 8.24. The number of hydrogen-bond donors (Lipinski definition) is 0. The molecule has 0 amide bonds. The molecule has 7 nitrogen and oxygen atoms in total. The lowest BCUT2D eigenvalue weighted by Crippen LogP contribution is -2.29. The van der Waals surface area contributed by atoms with E-state index in [1.807, 2.05) is 18.2 Å². The van der Waals surface area contributed by atoms with Crippen molar-refractivity contribution in [2.75, 3.05) is 13.2 Å². The zero-order valence-electron chi connectivity index (χ0n) is 15.1. The minimum absolute atomic E-state index is 0.0361. The fourth-order valence-corrected chi connectivity index (χ4v) is 1.91. The molecule has 0 fully saturated rings. The van der Waals surface area contributed by atoms with Crippen molar-refractivity contribution in [1.82, 2.24) is 9.78 Å². The number of Topliss-reactive ketones (excluding diaryl/α,β-unsaturated/α-hetero) is 1. The van der Waals surface area contributed by atoms with Crippen molar-refractivity contribution in [3.05, 3.63) is 58.5 Å². The predicted molar refractivity (Wildman–Crippen MR) is 95.2 cm³/mol. The third-order valence-electron chi connectivity index (χ3n) is 3.56. The number of hydrogen-bond acceptors (Lipinski definition) is 6. The number of ether oxygens (including phenoxy) is 2. The fourth-order valence-electron chi connectivity index (χ4n) is 1.91. The van der Waals surface area contributed by atoms with Crippen LogP contribution >= 0.6 is 0 Å². The third-order valence-corrected chi connectivity index (χ3v) is 3.56. The second-order valence-corrected chi connectivity index (χ2v) is 6.69. The van der Waals surface area contributed by atoms with Crippen LogP contribution in [0.4, 0.5) is 0 Å². The maximum absolute atomic E-state index is 12.1. The molecule has 0 atom stereocenters. The minimum atomic E-state index is -0.750. The molecule has 0 aliphatic rings. The van der Waals surface area contributed by atoms with Crippen molar-refractivity contribution in [3.8, 4) is 5.75 Å². The van der Waals surface area contributed by atoms with Crippen molar-refractivity contribution in [2.45, 2.75) is 27.3 Å². The van der Waals surface area contributed by atoms with Gasteiger partial charge in [0.25, 0.3) is 5.56 Å². The summed E-state index contributed by atoms with van der Waals surface area (Å²) in [5, 5.41) is 3.98. The van der Waals surface area contributed by atoms with Gasteiger partial charge in [0.1, 0.15) is 12.4 Å². The van der Waals surface area contributed by atoms with Crippen LogP contribution in [0, 0.1) is 5.41 Å². The summed E-state index contributed by atoms with van der Waals surface area (Å²) in [5.41, 5.74) is -0.989. The number of carbonyl (C=O) groups is 2. The zero-order chi connectivity index (χ0) is 19.2. The van der Waals surface area contributed by atoms with Crippen LogP contribution in [-0.4, -0.2) is 34.7 Å². The normalized spacial score (nSPS) is 11.0. The molecule has 26 heavy (non-hydrogen) atoms. The number of aromatic nitrogens is 2. The van der Waals surface area contributed by atoms with Crippen molar-refractivity contribution < 1.29 is 19.1 Å². The molecule has 0 radical (unpaired) electrons. The molecule has 2 aromatic rings. The topological polar surface area (TPSA) is 87.5 Å². The summed E-state index contributed by atoms with van der Waals surface area (Å²) in [6, 6.07) is 11.7. The Kier molecular flexibility index (Phi) is 6.27. The number of rotatable bonds is 7. The van der Waals surface area contributed by atoms with E-state index in [4.69, 9.17) is 9.47 Å². The first kappa shape index (κ1) is 19.4. The average Bonchev–Trinajstić information content (AvgIpc) is 2.61. The van der Waals surface area contributed by atoms with E-state index in [1.165, 1.54) is 12.1 Å². The van der Waals surface area contributed by atoms with Gasteiger partial charge in [-0.05, 0) is 18.2 Å². The van der Waals surface area contributed by atoms with Gasteiger partial charge in [0.05, 0.1) is 6.54 Å². The van der Waals surface area contributed by atoms with Crippen molar-refractivity contribution in [2.24, 2.45) is 5.41 Å². The van der Waals surface area contributed by atoms with Crippen LogP contribution in [0.5, 0.6) is 5.75 Å². The van der Waals surface area contributed by atoms with E-state index in [2.05, 4.69) is 5.10 Å². The molecule has 0 aliphatic heterocycles. The molecule has 2 rings (SSSR count). The van der Waals surface area contributed by atoms with Crippen LogP contribution in [0.1, 0.15) is 31.3 Å². The van der Waals surface area contributed by atoms with Gasteiger partial charge in [-0.25, -0.2) is 9.48 Å². The first-order valence-electron chi connectivity index (χ1n) is 8.24. The highest BCUT2D eigenvalue weighted by molar-refractivity contribution is 5.91. The lowest BCUT2D eigenvalue weighted by molar-refractivity contribution is -0.129. The van der Waals surface area contributed by atoms with E-state index in [1.54, 1.807) is 32.9 Å². The van der Waals surface area contributed by atoms with Crippen LogP contribution in [0.25, 0.3) is 0 Å². The van der Waals surface area contributed by atoms with Crippen LogP contribution in [0.2, 0.25) is 0 Å². The van der Waals surface area contributed by atoms with Gasteiger partial charge in [-0.1, -0.05) is 39.0 Å². The smallest absolute Gasteiger partial charge is 0.359 e. The number of benzene rings is 1. The molecular formula is C19H22N2O5. The van der Waals surface area contributed by atoms with Crippen LogP contribution in [0.15, 0.2) is 47.3 Å². The first-order chi connectivity index (χ1) is 12.3. The van der Waals surface area contributed by atoms with Crippen molar-refractivity contribution >= 4 is 11.8 Å². The van der Waals surface area contributed by atoms with E-state index in [0.717, 1.165) is 4.68 Å². The Morgan fingerprint density at radius 2 is 1.77 bits per heavy atom. The van der Waals surface area contributed by atoms with Crippen LogP contribution in [0.3, 0.4) is 0 Å². The summed E-state index contributed by atoms with van der Waals surface area (Å²) in [5.74, 6) is -0.271. The molecular weight excluding hydrogens is 336 g/mol. The summed E-state index contributed by atoms with van der Waals surface area (Å²) in [4.78, 5) is 35.8. The molecule has 7 heteroatoms. The molecule has 0 bridgehead atoms. The van der Waals surface area contributed by atoms with Gasteiger partial charge >= 0.3 is 5.97 Å². The molecule has 0 aliphatic carbocycles.